The number of aryl methyl sites for hydroxylation is 1. The van der Waals surface area contributed by atoms with Crippen LogP contribution in [-0.2, 0) is 11.3 Å². The molecule has 1 aromatic rings. The molecule has 1 rings (SSSR count). The highest BCUT2D eigenvalue weighted by atomic mass is 16.3. The molecule has 4 nitrogen and oxygen atoms in total. The maximum Gasteiger partial charge on any atom is 0.233 e. The van der Waals surface area contributed by atoms with Crippen molar-refractivity contribution < 1.29 is 9.90 Å². The van der Waals surface area contributed by atoms with Crippen LogP contribution in [0, 0.1) is 6.92 Å². The first-order valence-corrected chi connectivity index (χ1v) is 5.78. The van der Waals surface area contributed by atoms with Gasteiger partial charge in [0.25, 0.3) is 0 Å². The van der Waals surface area contributed by atoms with Crippen molar-refractivity contribution in [2.24, 2.45) is 0 Å². The summed E-state index contributed by atoms with van der Waals surface area (Å²) in [6.07, 6.45) is 0. The van der Waals surface area contributed by atoms with E-state index >= 15 is 0 Å². The van der Waals surface area contributed by atoms with Gasteiger partial charge in [0.05, 0.1) is 6.54 Å². The van der Waals surface area contributed by atoms with Gasteiger partial charge in [0.1, 0.15) is 5.75 Å². The van der Waals surface area contributed by atoms with Crippen LogP contribution in [0.15, 0.2) is 18.2 Å². The first-order valence-electron chi connectivity index (χ1n) is 5.78. The number of phenolic OH excluding ortho intramolecular Hbond substituents is 1. The molecule has 0 radical (unpaired) electrons. The predicted molar refractivity (Wildman–Crippen MR) is 67.9 cm³/mol. The van der Waals surface area contributed by atoms with Crippen molar-refractivity contribution in [3.8, 4) is 5.75 Å². The molecule has 0 fully saturated rings. The Morgan fingerprint density at radius 3 is 2.76 bits per heavy atom. The zero-order valence-corrected chi connectivity index (χ0v) is 10.7. The molecule has 1 aromatic carbocycles. The molecule has 0 saturated heterocycles. The first kappa shape index (κ1) is 13.5. The molecule has 2 N–H and O–H groups in total. The summed E-state index contributed by atoms with van der Waals surface area (Å²) >= 11 is 0. The summed E-state index contributed by atoms with van der Waals surface area (Å²) in [6.45, 7) is 5.67. The fraction of sp³-hybridized carbons (Fsp3) is 0.462. The monoisotopic (exact) mass is 236 g/mol. The van der Waals surface area contributed by atoms with Crippen LogP contribution in [0.25, 0.3) is 0 Å². The Morgan fingerprint density at radius 1 is 1.47 bits per heavy atom. The lowest BCUT2D eigenvalue weighted by Crippen LogP contribution is -2.35. The smallest absolute Gasteiger partial charge is 0.233 e. The molecule has 0 bridgehead atoms. The second-order valence-corrected chi connectivity index (χ2v) is 4.11. The molecule has 94 valence electrons. The van der Waals surface area contributed by atoms with Gasteiger partial charge in [-0.15, -0.1) is 0 Å². The van der Waals surface area contributed by atoms with Gasteiger partial charge in [-0.3, -0.25) is 9.69 Å². The van der Waals surface area contributed by atoms with Crippen molar-refractivity contribution in [1.82, 2.24) is 10.2 Å². The molecule has 0 atom stereocenters. The van der Waals surface area contributed by atoms with Crippen LogP contribution in [0.2, 0.25) is 0 Å². The second kappa shape index (κ2) is 6.25. The van der Waals surface area contributed by atoms with E-state index < -0.39 is 0 Å². The van der Waals surface area contributed by atoms with E-state index in [0.717, 1.165) is 17.7 Å². The second-order valence-electron chi connectivity index (χ2n) is 4.11. The van der Waals surface area contributed by atoms with Gasteiger partial charge in [-0.05, 0) is 19.5 Å². The molecule has 0 aliphatic heterocycles. The zero-order valence-electron chi connectivity index (χ0n) is 10.7. The first-order chi connectivity index (χ1) is 8.06. The van der Waals surface area contributed by atoms with Gasteiger partial charge in [0, 0.05) is 19.2 Å². The summed E-state index contributed by atoms with van der Waals surface area (Å²) < 4.78 is 0. The number of benzene rings is 1. The lowest BCUT2D eigenvalue weighted by atomic mass is 10.1. The van der Waals surface area contributed by atoms with Crippen LogP contribution >= 0.6 is 0 Å². The van der Waals surface area contributed by atoms with Crippen LogP contribution in [0.4, 0.5) is 0 Å². The topological polar surface area (TPSA) is 52.6 Å². The molecule has 1 amide bonds. The summed E-state index contributed by atoms with van der Waals surface area (Å²) in [7, 11) is 1.63. The normalized spacial score (nSPS) is 10.6. The third-order valence-corrected chi connectivity index (χ3v) is 2.72. The van der Waals surface area contributed by atoms with Gasteiger partial charge in [-0.1, -0.05) is 24.6 Å². The van der Waals surface area contributed by atoms with Crippen LogP contribution in [0.3, 0.4) is 0 Å². The van der Waals surface area contributed by atoms with Crippen molar-refractivity contribution in [3.05, 3.63) is 29.3 Å². The van der Waals surface area contributed by atoms with Crippen LogP contribution < -0.4 is 5.32 Å². The predicted octanol–water partition coefficient (Wildman–Crippen LogP) is 1.27. The number of aromatic hydroxyl groups is 1. The summed E-state index contributed by atoms with van der Waals surface area (Å²) in [5, 5.41) is 12.3. The highest BCUT2D eigenvalue weighted by Gasteiger charge is 2.10. The summed E-state index contributed by atoms with van der Waals surface area (Å²) in [5.74, 6) is 0.268. The highest BCUT2D eigenvalue weighted by Crippen LogP contribution is 2.19. The third-order valence-electron chi connectivity index (χ3n) is 2.72. The van der Waals surface area contributed by atoms with E-state index in [1.807, 2.05) is 30.9 Å². The van der Waals surface area contributed by atoms with E-state index in [-0.39, 0.29) is 11.7 Å². The fourth-order valence-electron chi connectivity index (χ4n) is 1.64. The van der Waals surface area contributed by atoms with Crippen LogP contribution in [-0.4, -0.2) is 36.1 Å². The number of rotatable bonds is 5. The van der Waals surface area contributed by atoms with Gasteiger partial charge in [-0.25, -0.2) is 0 Å². The molecule has 0 aromatic heterocycles. The molecule has 0 spiro atoms. The van der Waals surface area contributed by atoms with E-state index in [1.54, 1.807) is 13.1 Å². The molecular formula is C13H20N2O2. The lowest BCUT2D eigenvalue weighted by Gasteiger charge is -2.20. The molecule has 0 aliphatic carbocycles. The Labute approximate surface area is 102 Å². The third kappa shape index (κ3) is 4.07. The SMILES string of the molecule is CCN(CC(=O)NC)Cc1cc(C)ccc1O. The number of amides is 1. The number of nitrogens with zero attached hydrogens (tertiary/aromatic N) is 1. The Kier molecular flexibility index (Phi) is 4.97. The van der Waals surface area contributed by atoms with E-state index in [9.17, 15) is 9.90 Å². The molecule has 17 heavy (non-hydrogen) atoms. The summed E-state index contributed by atoms with van der Waals surface area (Å²) in [6, 6.07) is 5.51. The van der Waals surface area contributed by atoms with E-state index in [1.165, 1.54) is 0 Å². The number of carbonyl (C=O) groups excluding carboxylic acids is 1. The fourth-order valence-corrected chi connectivity index (χ4v) is 1.64. The Morgan fingerprint density at radius 2 is 2.18 bits per heavy atom. The maximum atomic E-state index is 11.3. The van der Waals surface area contributed by atoms with Crippen molar-refractivity contribution >= 4 is 5.91 Å². The largest absolute Gasteiger partial charge is 0.508 e. The molecule has 0 saturated carbocycles. The van der Waals surface area contributed by atoms with Crippen molar-refractivity contribution in [2.75, 3.05) is 20.1 Å². The standard InChI is InChI=1S/C13H20N2O2/c1-4-15(9-13(17)14-3)8-11-7-10(2)5-6-12(11)16/h5-7,16H,4,8-9H2,1-3H3,(H,14,17). The van der Waals surface area contributed by atoms with Crippen LogP contribution in [0.1, 0.15) is 18.1 Å². The minimum Gasteiger partial charge on any atom is -0.508 e. The minimum absolute atomic E-state index is 0.0148. The zero-order chi connectivity index (χ0) is 12.8. The number of likely N-dealkylation sites (N-methyl/N-ethyl adjacent to an activating group) is 2. The number of hydrogen-bond donors (Lipinski definition) is 2. The van der Waals surface area contributed by atoms with Gasteiger partial charge >= 0.3 is 0 Å². The minimum atomic E-state index is -0.0148. The quantitative estimate of drug-likeness (QED) is 0.809. The van der Waals surface area contributed by atoms with E-state index in [4.69, 9.17) is 0 Å². The Bertz CT molecular complexity index is 391. The molecule has 0 aliphatic rings. The number of phenols is 1. The Hall–Kier alpha value is -1.55. The molecule has 0 unspecified atom stereocenters. The summed E-state index contributed by atoms with van der Waals surface area (Å²) in [5.41, 5.74) is 1.96. The Balaban J connectivity index is 2.73. The number of carbonyl (C=O) groups is 1. The highest BCUT2D eigenvalue weighted by molar-refractivity contribution is 5.77. The summed E-state index contributed by atoms with van der Waals surface area (Å²) in [4.78, 5) is 13.3. The van der Waals surface area contributed by atoms with Gasteiger partial charge in [0.2, 0.25) is 5.91 Å². The van der Waals surface area contributed by atoms with Gasteiger partial charge < -0.3 is 10.4 Å². The van der Waals surface area contributed by atoms with Crippen molar-refractivity contribution in [1.29, 1.82) is 0 Å². The van der Waals surface area contributed by atoms with Crippen LogP contribution in [0.5, 0.6) is 5.75 Å². The number of nitrogens with one attached hydrogen (secondary N) is 1. The average molecular weight is 236 g/mol. The van der Waals surface area contributed by atoms with E-state index in [2.05, 4.69) is 5.32 Å². The molecular weight excluding hydrogens is 216 g/mol. The van der Waals surface area contributed by atoms with Gasteiger partial charge in [0.15, 0.2) is 0 Å². The molecule has 4 heteroatoms. The lowest BCUT2D eigenvalue weighted by molar-refractivity contribution is -0.121. The number of hydrogen-bond acceptors (Lipinski definition) is 3. The molecule has 0 heterocycles. The van der Waals surface area contributed by atoms with Crippen molar-refractivity contribution in [3.63, 3.8) is 0 Å². The van der Waals surface area contributed by atoms with E-state index in [0.29, 0.717) is 13.1 Å². The van der Waals surface area contributed by atoms with Crippen molar-refractivity contribution in [2.45, 2.75) is 20.4 Å². The van der Waals surface area contributed by atoms with Gasteiger partial charge in [-0.2, -0.15) is 0 Å². The average Bonchev–Trinajstić information content (AvgIpc) is 2.32. The maximum absolute atomic E-state index is 11.3.